The molecule has 0 amide bonds. The van der Waals surface area contributed by atoms with Crippen LogP contribution in [0.25, 0.3) is 0 Å². The van der Waals surface area contributed by atoms with Crippen molar-refractivity contribution in [3.63, 3.8) is 0 Å². The highest BCUT2D eigenvalue weighted by molar-refractivity contribution is 6.19. The number of rotatable bonds is 4. The Bertz CT molecular complexity index is 610. The van der Waals surface area contributed by atoms with Crippen molar-refractivity contribution < 1.29 is 9.53 Å². The number of carbonyl (C=O) groups excluding carboxylic acids is 1. The van der Waals surface area contributed by atoms with E-state index >= 15 is 0 Å². The van der Waals surface area contributed by atoms with Crippen LogP contribution in [-0.4, -0.2) is 18.0 Å². The lowest BCUT2D eigenvalue weighted by Crippen LogP contribution is -2.41. The van der Waals surface area contributed by atoms with Gasteiger partial charge in [-0.25, -0.2) is 4.79 Å². The molecule has 0 aromatic heterocycles. The van der Waals surface area contributed by atoms with Gasteiger partial charge in [-0.3, -0.25) is 0 Å². The van der Waals surface area contributed by atoms with Crippen LogP contribution in [0, 0.1) is 0 Å². The molecule has 1 aliphatic heterocycles. The molecule has 21 heavy (non-hydrogen) atoms. The number of hydrogen-bond acceptors (Lipinski definition) is 2. The molecular formula is C18H15ClO2. The summed E-state index contributed by atoms with van der Waals surface area (Å²) in [6, 6.07) is 20.2. The predicted octanol–water partition coefficient (Wildman–Crippen LogP) is 3.91. The molecule has 1 atom stereocenters. The summed E-state index contributed by atoms with van der Waals surface area (Å²) in [6.07, 6.45) is 1.48. The summed E-state index contributed by atoms with van der Waals surface area (Å²) in [7, 11) is 0. The lowest BCUT2D eigenvalue weighted by Gasteiger charge is -2.36. The van der Waals surface area contributed by atoms with Gasteiger partial charge in [-0.05, 0) is 11.1 Å². The number of esters is 1. The molecular weight excluding hydrogens is 284 g/mol. The van der Waals surface area contributed by atoms with Crippen molar-refractivity contribution >= 4 is 17.6 Å². The highest BCUT2D eigenvalue weighted by atomic mass is 35.5. The van der Waals surface area contributed by atoms with E-state index in [2.05, 4.69) is 24.3 Å². The maximum Gasteiger partial charge on any atom is 0.338 e. The highest BCUT2D eigenvalue weighted by Gasteiger charge is 2.42. The van der Waals surface area contributed by atoms with Gasteiger partial charge in [0, 0.05) is 5.88 Å². The zero-order chi connectivity index (χ0) is 14.7. The molecule has 3 rings (SSSR count). The number of allylic oxidation sites excluding steroid dienone is 1. The molecule has 0 bridgehead atoms. The summed E-state index contributed by atoms with van der Waals surface area (Å²) >= 11 is 5.75. The molecule has 0 spiro atoms. The third-order valence-electron chi connectivity index (χ3n) is 3.69. The van der Waals surface area contributed by atoms with Crippen molar-refractivity contribution in [3.05, 3.63) is 83.4 Å². The molecule has 106 valence electrons. The Morgan fingerprint density at radius 3 is 1.95 bits per heavy atom. The number of halogens is 1. The lowest BCUT2D eigenvalue weighted by molar-refractivity contribution is -0.156. The van der Waals surface area contributed by atoms with Crippen LogP contribution in [-0.2, 0) is 9.53 Å². The fraction of sp³-hybridized carbons (Fsp3) is 0.167. The van der Waals surface area contributed by atoms with Gasteiger partial charge >= 0.3 is 5.97 Å². The number of benzene rings is 2. The van der Waals surface area contributed by atoms with Crippen LogP contribution in [0.15, 0.2) is 72.3 Å². The smallest absolute Gasteiger partial charge is 0.338 e. The summed E-state index contributed by atoms with van der Waals surface area (Å²) in [5.74, 6) is 0.0501. The van der Waals surface area contributed by atoms with Crippen molar-refractivity contribution in [2.45, 2.75) is 12.0 Å². The van der Waals surface area contributed by atoms with Gasteiger partial charge in [0.25, 0.3) is 0 Å². The first-order chi connectivity index (χ1) is 10.3. The monoisotopic (exact) mass is 298 g/mol. The molecule has 0 radical (unpaired) electrons. The molecule has 1 unspecified atom stereocenters. The molecule has 1 heterocycles. The normalized spacial score (nSPS) is 19.4. The van der Waals surface area contributed by atoms with Crippen molar-refractivity contribution in [2.24, 2.45) is 0 Å². The van der Waals surface area contributed by atoms with Gasteiger partial charge in [0.15, 0.2) is 0 Å². The Labute approximate surface area is 129 Å². The molecule has 0 N–H and O–H groups in total. The van der Waals surface area contributed by atoms with Crippen molar-refractivity contribution in [1.29, 1.82) is 0 Å². The van der Waals surface area contributed by atoms with E-state index in [9.17, 15) is 4.79 Å². The second kappa shape index (κ2) is 6.15. The van der Waals surface area contributed by atoms with Gasteiger partial charge in [-0.1, -0.05) is 66.7 Å². The minimum atomic E-state index is -0.266. The molecule has 1 aliphatic rings. The average molecular weight is 299 g/mol. The van der Waals surface area contributed by atoms with Gasteiger partial charge in [0.2, 0.25) is 0 Å². The third kappa shape index (κ3) is 2.72. The summed E-state index contributed by atoms with van der Waals surface area (Å²) in [5.41, 5.74) is 2.92. The van der Waals surface area contributed by atoms with E-state index in [0.717, 1.165) is 11.1 Å². The van der Waals surface area contributed by atoms with Gasteiger partial charge in [-0.15, -0.1) is 11.6 Å². The standard InChI is InChI=1S/C18H15ClO2/c19-12-11-15-17(21-18(15)20)16(13-7-3-1-4-8-13)14-9-5-2-6-10-14/h1-11,16-17H,12H2/b15-11-. The van der Waals surface area contributed by atoms with Crippen molar-refractivity contribution in [2.75, 3.05) is 5.88 Å². The van der Waals surface area contributed by atoms with E-state index in [-0.39, 0.29) is 18.0 Å². The molecule has 2 nitrogen and oxygen atoms in total. The first kappa shape index (κ1) is 13.9. The minimum absolute atomic E-state index is 0.000401. The topological polar surface area (TPSA) is 26.3 Å². The average Bonchev–Trinajstić information content (AvgIpc) is 2.54. The van der Waals surface area contributed by atoms with Gasteiger partial charge < -0.3 is 4.74 Å². The Kier molecular flexibility index (Phi) is 4.07. The zero-order valence-corrected chi connectivity index (χ0v) is 12.2. The number of carbonyl (C=O) groups is 1. The van der Waals surface area contributed by atoms with Crippen LogP contribution in [0.5, 0.6) is 0 Å². The second-order valence-electron chi connectivity index (χ2n) is 4.94. The van der Waals surface area contributed by atoms with E-state index in [1.54, 1.807) is 6.08 Å². The summed E-state index contributed by atoms with van der Waals surface area (Å²) in [6.45, 7) is 0. The van der Waals surface area contributed by atoms with Crippen LogP contribution < -0.4 is 0 Å². The van der Waals surface area contributed by atoms with Crippen LogP contribution in [0.2, 0.25) is 0 Å². The first-order valence-electron chi connectivity index (χ1n) is 6.88. The summed E-state index contributed by atoms with van der Waals surface area (Å²) < 4.78 is 5.41. The number of alkyl halides is 1. The maximum absolute atomic E-state index is 11.6. The highest BCUT2D eigenvalue weighted by Crippen LogP contribution is 2.38. The Balaban J connectivity index is 2.02. The van der Waals surface area contributed by atoms with E-state index in [1.165, 1.54) is 0 Å². The zero-order valence-electron chi connectivity index (χ0n) is 11.4. The Morgan fingerprint density at radius 1 is 1.00 bits per heavy atom. The lowest BCUT2D eigenvalue weighted by atomic mass is 9.81. The predicted molar refractivity (Wildman–Crippen MR) is 83.4 cm³/mol. The third-order valence-corrected chi connectivity index (χ3v) is 3.85. The first-order valence-corrected chi connectivity index (χ1v) is 7.41. The molecule has 3 heteroatoms. The maximum atomic E-state index is 11.6. The number of hydrogen-bond donors (Lipinski definition) is 0. The molecule has 1 saturated heterocycles. The summed E-state index contributed by atoms with van der Waals surface area (Å²) in [5, 5.41) is 0. The summed E-state index contributed by atoms with van der Waals surface area (Å²) in [4.78, 5) is 11.6. The Hall–Kier alpha value is -2.06. The van der Waals surface area contributed by atoms with E-state index < -0.39 is 0 Å². The SMILES string of the molecule is O=C1OC(C(c2ccccc2)c2ccccc2)/C1=C/CCl. The number of ether oxygens (including phenoxy) is 1. The fourth-order valence-electron chi connectivity index (χ4n) is 2.70. The molecule has 0 saturated carbocycles. The fourth-order valence-corrected chi connectivity index (χ4v) is 2.86. The van der Waals surface area contributed by atoms with Crippen LogP contribution in [0.4, 0.5) is 0 Å². The Morgan fingerprint density at radius 2 is 1.52 bits per heavy atom. The second-order valence-corrected chi connectivity index (χ2v) is 5.25. The minimum Gasteiger partial charge on any atom is -0.453 e. The van der Waals surface area contributed by atoms with Crippen LogP contribution >= 0.6 is 11.6 Å². The molecule has 0 aliphatic carbocycles. The largest absolute Gasteiger partial charge is 0.453 e. The van der Waals surface area contributed by atoms with Crippen molar-refractivity contribution in [3.8, 4) is 0 Å². The van der Waals surface area contributed by atoms with E-state index in [0.29, 0.717) is 11.5 Å². The van der Waals surface area contributed by atoms with Gasteiger partial charge in [0.1, 0.15) is 6.10 Å². The van der Waals surface area contributed by atoms with Crippen LogP contribution in [0.1, 0.15) is 17.0 Å². The molecule has 1 fully saturated rings. The quantitative estimate of drug-likeness (QED) is 0.486. The van der Waals surface area contributed by atoms with Crippen LogP contribution in [0.3, 0.4) is 0 Å². The molecule has 2 aromatic rings. The van der Waals surface area contributed by atoms with Gasteiger partial charge in [0.05, 0.1) is 11.5 Å². The van der Waals surface area contributed by atoms with Gasteiger partial charge in [-0.2, -0.15) is 0 Å². The molecule has 2 aromatic carbocycles. The van der Waals surface area contributed by atoms with Crippen molar-refractivity contribution in [1.82, 2.24) is 0 Å². The van der Waals surface area contributed by atoms with E-state index in [1.807, 2.05) is 36.4 Å². The van der Waals surface area contributed by atoms with E-state index in [4.69, 9.17) is 16.3 Å². The number of cyclic esters (lactones) is 1.